The summed E-state index contributed by atoms with van der Waals surface area (Å²) < 4.78 is 1.84. The number of rotatable bonds is 5. The summed E-state index contributed by atoms with van der Waals surface area (Å²) in [5, 5.41) is 10.4. The number of likely N-dealkylation sites (tertiary alicyclic amines) is 1. The number of nitrogens with zero attached hydrogens (tertiary/aromatic N) is 4. The van der Waals surface area contributed by atoms with Crippen molar-refractivity contribution in [2.24, 2.45) is 12.0 Å². The first-order valence-corrected chi connectivity index (χ1v) is 9.02. The van der Waals surface area contributed by atoms with Crippen molar-refractivity contribution in [1.29, 1.82) is 0 Å². The van der Waals surface area contributed by atoms with Gasteiger partial charge in [-0.25, -0.2) is 4.99 Å². The fourth-order valence-electron chi connectivity index (χ4n) is 3.17. The van der Waals surface area contributed by atoms with Gasteiger partial charge in [-0.05, 0) is 31.0 Å². The number of hydrogen-bond acceptors (Lipinski definition) is 3. The van der Waals surface area contributed by atoms with Gasteiger partial charge in [-0.1, -0.05) is 18.2 Å². The summed E-state index contributed by atoms with van der Waals surface area (Å²) in [4.78, 5) is 18.9. The number of guanidine groups is 1. The highest BCUT2D eigenvalue weighted by Gasteiger charge is 2.27. The van der Waals surface area contributed by atoms with E-state index in [1.807, 2.05) is 55.2 Å². The molecule has 3 rings (SSSR count). The number of aryl methyl sites for hydroxylation is 1. The van der Waals surface area contributed by atoms with Crippen LogP contribution in [0.2, 0.25) is 0 Å². The van der Waals surface area contributed by atoms with Crippen LogP contribution in [0.25, 0.3) is 0 Å². The second-order valence-electron chi connectivity index (χ2n) is 6.46. The third kappa shape index (κ3) is 4.62. The van der Waals surface area contributed by atoms with Crippen LogP contribution in [0, 0.1) is 0 Å². The lowest BCUT2D eigenvalue weighted by atomic mass is 10.0. The van der Waals surface area contributed by atoms with E-state index in [0.29, 0.717) is 5.92 Å². The average molecular weight is 354 g/mol. The fourth-order valence-corrected chi connectivity index (χ4v) is 3.17. The van der Waals surface area contributed by atoms with E-state index >= 15 is 0 Å². The van der Waals surface area contributed by atoms with Crippen LogP contribution in [0.3, 0.4) is 0 Å². The Bertz CT molecular complexity index is 754. The minimum Gasteiger partial charge on any atom is -0.357 e. The minimum atomic E-state index is -0.116. The molecule has 1 amide bonds. The zero-order valence-electron chi connectivity index (χ0n) is 15.4. The molecule has 7 nitrogen and oxygen atoms in total. The summed E-state index contributed by atoms with van der Waals surface area (Å²) in [6.07, 6.45) is 5.07. The summed E-state index contributed by atoms with van der Waals surface area (Å²) in [5.41, 5.74) is 2.04. The van der Waals surface area contributed by atoms with Crippen LogP contribution in [0.1, 0.15) is 24.8 Å². The molecule has 1 aliphatic heterocycles. The van der Waals surface area contributed by atoms with Gasteiger partial charge in [0.25, 0.3) is 0 Å². The lowest BCUT2D eigenvalue weighted by Crippen LogP contribution is -2.40. The van der Waals surface area contributed by atoms with Gasteiger partial charge in [-0.2, -0.15) is 5.10 Å². The van der Waals surface area contributed by atoms with Crippen molar-refractivity contribution in [3.05, 3.63) is 48.3 Å². The highest BCUT2D eigenvalue weighted by atomic mass is 16.1. The number of benzene rings is 1. The predicted octanol–water partition coefficient (Wildman–Crippen LogP) is 1.81. The number of hydrogen-bond donors (Lipinski definition) is 2. The van der Waals surface area contributed by atoms with Crippen molar-refractivity contribution in [1.82, 2.24) is 20.0 Å². The minimum absolute atomic E-state index is 0.102. The maximum Gasteiger partial charge on any atom is 0.246 e. The number of carbonyl (C=O) groups is 1. The molecule has 1 atom stereocenters. The van der Waals surface area contributed by atoms with Gasteiger partial charge in [-0.3, -0.25) is 9.48 Å². The lowest BCUT2D eigenvalue weighted by molar-refractivity contribution is -0.114. The Balaban J connectivity index is 1.59. The number of aromatic nitrogens is 2. The molecule has 0 radical (unpaired) electrons. The Morgan fingerprint density at radius 1 is 1.35 bits per heavy atom. The van der Waals surface area contributed by atoms with E-state index < -0.39 is 0 Å². The van der Waals surface area contributed by atoms with Crippen LogP contribution < -0.4 is 10.6 Å². The molecule has 1 unspecified atom stereocenters. The summed E-state index contributed by atoms with van der Waals surface area (Å²) in [7, 11) is 1.94. The van der Waals surface area contributed by atoms with Crippen molar-refractivity contribution >= 4 is 17.6 Å². The number of para-hydroxylation sites is 1. The van der Waals surface area contributed by atoms with Crippen LogP contribution in [0.4, 0.5) is 5.69 Å². The van der Waals surface area contributed by atoms with E-state index in [-0.39, 0.29) is 12.5 Å². The van der Waals surface area contributed by atoms with Crippen molar-refractivity contribution in [2.45, 2.75) is 19.3 Å². The second-order valence-corrected chi connectivity index (χ2v) is 6.46. The van der Waals surface area contributed by atoms with E-state index in [9.17, 15) is 4.79 Å². The molecule has 2 heterocycles. The predicted molar refractivity (Wildman–Crippen MR) is 103 cm³/mol. The molecule has 2 N–H and O–H groups in total. The maximum atomic E-state index is 12.1. The zero-order valence-corrected chi connectivity index (χ0v) is 15.4. The Labute approximate surface area is 154 Å². The molecule has 1 saturated heterocycles. The van der Waals surface area contributed by atoms with Gasteiger partial charge in [0.15, 0.2) is 5.96 Å². The van der Waals surface area contributed by atoms with Gasteiger partial charge < -0.3 is 15.5 Å². The van der Waals surface area contributed by atoms with Crippen LogP contribution in [-0.4, -0.2) is 52.7 Å². The Kier molecular flexibility index (Phi) is 5.88. The molecule has 26 heavy (non-hydrogen) atoms. The van der Waals surface area contributed by atoms with E-state index in [0.717, 1.165) is 37.7 Å². The first-order chi connectivity index (χ1) is 12.7. The molecule has 0 aliphatic carbocycles. The summed E-state index contributed by atoms with van der Waals surface area (Å²) >= 11 is 0. The largest absolute Gasteiger partial charge is 0.357 e. The number of amides is 1. The third-order valence-corrected chi connectivity index (χ3v) is 4.45. The third-order valence-electron chi connectivity index (χ3n) is 4.45. The van der Waals surface area contributed by atoms with Gasteiger partial charge in [0.2, 0.25) is 5.91 Å². The monoisotopic (exact) mass is 354 g/mol. The van der Waals surface area contributed by atoms with Crippen LogP contribution >= 0.6 is 0 Å². The van der Waals surface area contributed by atoms with Crippen LogP contribution in [-0.2, 0) is 11.8 Å². The molecule has 2 aromatic rings. The van der Waals surface area contributed by atoms with E-state index in [4.69, 9.17) is 0 Å². The quantitative estimate of drug-likeness (QED) is 0.634. The van der Waals surface area contributed by atoms with Gasteiger partial charge in [0, 0.05) is 44.5 Å². The molecule has 1 aromatic carbocycles. The molecule has 1 fully saturated rings. The summed E-state index contributed by atoms with van der Waals surface area (Å²) in [6.45, 7) is 4.72. The number of aliphatic imine (C=N–C) groups is 1. The Hall–Kier alpha value is -2.83. The molecular weight excluding hydrogens is 328 g/mol. The SMILES string of the molecule is CCNC(=NCC(=O)Nc1ccccc1)N1CCC(c2cnn(C)c2)C1. The fraction of sp³-hybridized carbons (Fsp3) is 0.421. The van der Waals surface area contributed by atoms with E-state index in [2.05, 4.69) is 31.8 Å². The smallest absolute Gasteiger partial charge is 0.246 e. The normalized spacial score (nSPS) is 17.4. The number of nitrogens with one attached hydrogen (secondary N) is 2. The van der Waals surface area contributed by atoms with Crippen molar-refractivity contribution < 1.29 is 4.79 Å². The van der Waals surface area contributed by atoms with Gasteiger partial charge in [-0.15, -0.1) is 0 Å². The average Bonchev–Trinajstić information content (AvgIpc) is 3.28. The standard InChI is InChI=1S/C19H26N6O/c1-3-20-19(21-12-18(26)23-17-7-5-4-6-8-17)25-10-9-15(14-25)16-11-22-24(2)13-16/h4-8,11,13,15H,3,9-10,12,14H2,1-2H3,(H,20,21)(H,23,26). The highest BCUT2D eigenvalue weighted by molar-refractivity contribution is 5.94. The lowest BCUT2D eigenvalue weighted by Gasteiger charge is -2.21. The van der Waals surface area contributed by atoms with Crippen molar-refractivity contribution in [3.8, 4) is 0 Å². The summed E-state index contributed by atoms with van der Waals surface area (Å²) in [5.74, 6) is 1.13. The zero-order chi connectivity index (χ0) is 18.4. The molecule has 0 saturated carbocycles. The molecular formula is C19H26N6O. The first kappa shape index (κ1) is 18.0. The maximum absolute atomic E-state index is 12.1. The second kappa shape index (κ2) is 8.51. The van der Waals surface area contributed by atoms with Crippen molar-refractivity contribution in [2.75, 3.05) is 31.5 Å². The topological polar surface area (TPSA) is 74.6 Å². The van der Waals surface area contributed by atoms with Gasteiger partial charge in [0.1, 0.15) is 6.54 Å². The van der Waals surface area contributed by atoms with Gasteiger partial charge >= 0.3 is 0 Å². The van der Waals surface area contributed by atoms with Crippen molar-refractivity contribution in [3.63, 3.8) is 0 Å². The van der Waals surface area contributed by atoms with E-state index in [1.165, 1.54) is 5.56 Å². The Morgan fingerprint density at radius 2 is 2.15 bits per heavy atom. The van der Waals surface area contributed by atoms with Gasteiger partial charge in [0.05, 0.1) is 6.20 Å². The molecule has 1 aliphatic rings. The molecule has 1 aromatic heterocycles. The number of anilines is 1. The van der Waals surface area contributed by atoms with Crippen LogP contribution in [0.15, 0.2) is 47.7 Å². The van der Waals surface area contributed by atoms with Crippen LogP contribution in [0.5, 0.6) is 0 Å². The summed E-state index contributed by atoms with van der Waals surface area (Å²) in [6, 6.07) is 9.44. The molecule has 0 spiro atoms. The highest BCUT2D eigenvalue weighted by Crippen LogP contribution is 2.26. The van der Waals surface area contributed by atoms with E-state index in [1.54, 1.807) is 0 Å². The Morgan fingerprint density at radius 3 is 2.85 bits per heavy atom. The first-order valence-electron chi connectivity index (χ1n) is 9.02. The molecule has 0 bridgehead atoms. The molecule has 7 heteroatoms. The molecule has 138 valence electrons. The number of carbonyl (C=O) groups excluding carboxylic acids is 1.